The molecule has 0 atom stereocenters. The summed E-state index contributed by atoms with van der Waals surface area (Å²) in [5.41, 5.74) is 6.01. The molecule has 4 nitrogen and oxygen atoms in total. The van der Waals surface area contributed by atoms with Crippen LogP contribution in [0.25, 0.3) is 0 Å². The smallest absolute Gasteiger partial charge is 0.220 e. The van der Waals surface area contributed by atoms with Crippen LogP contribution in [0, 0.1) is 10.8 Å². The number of nitrogens with two attached hydrogens (primary N) is 1. The number of amides is 1. The minimum absolute atomic E-state index is 0.112. The molecule has 1 saturated carbocycles. The Balaban J connectivity index is 1.71. The molecule has 92 valence electrons. The van der Waals surface area contributed by atoms with E-state index in [-0.39, 0.29) is 16.7 Å². The first-order valence-corrected chi connectivity index (χ1v) is 6.12. The summed E-state index contributed by atoms with van der Waals surface area (Å²) >= 11 is 0. The van der Waals surface area contributed by atoms with Gasteiger partial charge in [0.05, 0.1) is 13.2 Å². The van der Waals surface area contributed by atoms with Gasteiger partial charge >= 0.3 is 0 Å². The maximum atomic E-state index is 11.8. The van der Waals surface area contributed by atoms with Crippen LogP contribution in [0.1, 0.15) is 32.6 Å². The number of nitrogens with one attached hydrogen (secondary N) is 1. The molecule has 2 rings (SSSR count). The van der Waals surface area contributed by atoms with E-state index in [9.17, 15) is 4.79 Å². The zero-order valence-electron chi connectivity index (χ0n) is 10.1. The van der Waals surface area contributed by atoms with Crippen LogP contribution in [0.2, 0.25) is 0 Å². The summed E-state index contributed by atoms with van der Waals surface area (Å²) in [5.74, 6) is 0.151. The fourth-order valence-corrected chi connectivity index (χ4v) is 2.40. The minimum Gasteiger partial charge on any atom is -0.380 e. The lowest BCUT2D eigenvalue weighted by molar-refractivity contribution is -0.130. The van der Waals surface area contributed by atoms with Crippen LogP contribution in [-0.4, -0.2) is 32.2 Å². The van der Waals surface area contributed by atoms with E-state index in [0.29, 0.717) is 13.0 Å². The molecule has 0 aromatic rings. The molecule has 4 heteroatoms. The summed E-state index contributed by atoms with van der Waals surface area (Å²) in [6.45, 7) is 5.02. The number of carbonyl (C=O) groups is 1. The first-order valence-electron chi connectivity index (χ1n) is 6.12. The molecule has 1 aliphatic heterocycles. The quantitative estimate of drug-likeness (QED) is 0.723. The van der Waals surface area contributed by atoms with E-state index < -0.39 is 0 Å². The van der Waals surface area contributed by atoms with Crippen LogP contribution in [0.5, 0.6) is 0 Å². The molecule has 3 N–H and O–H groups in total. The highest BCUT2D eigenvalue weighted by atomic mass is 16.5. The average Bonchev–Trinajstić information content (AvgIpc) is 2.18. The molecule has 2 aliphatic rings. The molecule has 0 bridgehead atoms. The van der Waals surface area contributed by atoms with Crippen molar-refractivity contribution in [3.8, 4) is 0 Å². The third-order valence-electron chi connectivity index (χ3n) is 4.00. The van der Waals surface area contributed by atoms with Gasteiger partial charge in [0.25, 0.3) is 0 Å². The first kappa shape index (κ1) is 11.9. The van der Waals surface area contributed by atoms with Gasteiger partial charge in [0, 0.05) is 18.4 Å². The summed E-state index contributed by atoms with van der Waals surface area (Å²) in [4.78, 5) is 11.8. The summed E-state index contributed by atoms with van der Waals surface area (Å²) in [7, 11) is 0. The van der Waals surface area contributed by atoms with Gasteiger partial charge < -0.3 is 15.8 Å². The Bertz CT molecular complexity index is 265. The van der Waals surface area contributed by atoms with E-state index in [2.05, 4.69) is 12.2 Å². The largest absolute Gasteiger partial charge is 0.380 e. The Kier molecular flexibility index (Phi) is 3.22. The summed E-state index contributed by atoms with van der Waals surface area (Å²) in [6, 6.07) is 0. The molecule has 0 spiro atoms. The van der Waals surface area contributed by atoms with Crippen LogP contribution in [-0.2, 0) is 9.53 Å². The second-order valence-corrected chi connectivity index (χ2v) is 5.81. The Morgan fingerprint density at radius 3 is 2.50 bits per heavy atom. The van der Waals surface area contributed by atoms with Crippen molar-refractivity contribution in [3.05, 3.63) is 0 Å². The van der Waals surface area contributed by atoms with Crippen molar-refractivity contribution in [2.24, 2.45) is 16.6 Å². The third-order valence-corrected chi connectivity index (χ3v) is 4.00. The Hall–Kier alpha value is -0.610. The van der Waals surface area contributed by atoms with Gasteiger partial charge in [-0.25, -0.2) is 0 Å². The number of rotatable bonds is 5. The summed E-state index contributed by atoms with van der Waals surface area (Å²) in [5, 5.41) is 3.01. The van der Waals surface area contributed by atoms with E-state index >= 15 is 0 Å². The molecule has 16 heavy (non-hydrogen) atoms. The summed E-state index contributed by atoms with van der Waals surface area (Å²) in [6.07, 6.45) is 4.03. The van der Waals surface area contributed by atoms with Crippen LogP contribution in [0.15, 0.2) is 0 Å². The Morgan fingerprint density at radius 1 is 1.44 bits per heavy atom. The summed E-state index contributed by atoms with van der Waals surface area (Å²) < 4.78 is 5.15. The predicted octanol–water partition coefficient (Wildman–Crippen LogP) is 0.658. The van der Waals surface area contributed by atoms with E-state index in [1.54, 1.807) is 0 Å². The van der Waals surface area contributed by atoms with Gasteiger partial charge in [-0.15, -0.1) is 0 Å². The topological polar surface area (TPSA) is 64.4 Å². The maximum absolute atomic E-state index is 11.8. The van der Waals surface area contributed by atoms with E-state index in [1.807, 2.05) is 0 Å². The number of carbonyl (C=O) groups excluding carboxylic acids is 1. The SMILES string of the molecule is CC1(CNC(=O)CC2(CN)CCC2)COC1. The highest BCUT2D eigenvalue weighted by Gasteiger charge is 2.38. The molecular weight excluding hydrogens is 204 g/mol. The van der Waals surface area contributed by atoms with Gasteiger partial charge in [-0.1, -0.05) is 13.3 Å². The molecule has 0 aromatic carbocycles. The molecule has 0 radical (unpaired) electrons. The zero-order chi connectivity index (χ0) is 11.6. The van der Waals surface area contributed by atoms with E-state index in [0.717, 1.165) is 32.6 Å². The normalized spacial score (nSPS) is 25.4. The standard InChI is InChI=1S/C12H22N2O2/c1-11(8-16-9-11)7-14-10(15)5-12(6-13)3-2-4-12/h2-9,13H2,1H3,(H,14,15). The molecule has 1 saturated heterocycles. The third kappa shape index (κ3) is 2.38. The van der Waals surface area contributed by atoms with Crippen molar-refractivity contribution in [1.29, 1.82) is 0 Å². The van der Waals surface area contributed by atoms with E-state index in [1.165, 1.54) is 6.42 Å². The van der Waals surface area contributed by atoms with Gasteiger partial charge in [-0.3, -0.25) is 4.79 Å². The lowest BCUT2D eigenvalue weighted by Gasteiger charge is -2.41. The fraction of sp³-hybridized carbons (Fsp3) is 0.917. The predicted molar refractivity (Wildman–Crippen MR) is 61.9 cm³/mol. The molecule has 1 aliphatic carbocycles. The number of hydrogen-bond acceptors (Lipinski definition) is 3. The van der Waals surface area contributed by atoms with Gasteiger partial charge in [-0.2, -0.15) is 0 Å². The van der Waals surface area contributed by atoms with Crippen LogP contribution >= 0.6 is 0 Å². The number of ether oxygens (including phenoxy) is 1. The van der Waals surface area contributed by atoms with Gasteiger partial charge in [0.15, 0.2) is 0 Å². The van der Waals surface area contributed by atoms with Crippen LogP contribution in [0.4, 0.5) is 0 Å². The Labute approximate surface area is 96.9 Å². The van der Waals surface area contributed by atoms with Gasteiger partial charge in [0.1, 0.15) is 0 Å². The highest BCUT2D eigenvalue weighted by molar-refractivity contribution is 5.76. The highest BCUT2D eigenvalue weighted by Crippen LogP contribution is 2.42. The van der Waals surface area contributed by atoms with Crippen molar-refractivity contribution in [2.75, 3.05) is 26.3 Å². The van der Waals surface area contributed by atoms with Crippen molar-refractivity contribution < 1.29 is 9.53 Å². The average molecular weight is 226 g/mol. The van der Waals surface area contributed by atoms with Crippen molar-refractivity contribution >= 4 is 5.91 Å². The molecule has 1 amide bonds. The van der Waals surface area contributed by atoms with Crippen LogP contribution < -0.4 is 11.1 Å². The second kappa shape index (κ2) is 4.34. The number of hydrogen-bond donors (Lipinski definition) is 2. The molecule has 1 heterocycles. The van der Waals surface area contributed by atoms with Crippen molar-refractivity contribution in [2.45, 2.75) is 32.6 Å². The molecular formula is C12H22N2O2. The molecule has 0 aromatic heterocycles. The fourth-order valence-electron chi connectivity index (χ4n) is 2.40. The minimum atomic E-state index is 0.112. The second-order valence-electron chi connectivity index (χ2n) is 5.81. The van der Waals surface area contributed by atoms with Crippen molar-refractivity contribution in [1.82, 2.24) is 5.32 Å². The van der Waals surface area contributed by atoms with Crippen LogP contribution in [0.3, 0.4) is 0 Å². The van der Waals surface area contributed by atoms with Gasteiger partial charge in [0.2, 0.25) is 5.91 Å². The lowest BCUT2D eigenvalue weighted by Crippen LogP contribution is -2.50. The molecule has 0 unspecified atom stereocenters. The zero-order valence-corrected chi connectivity index (χ0v) is 10.1. The van der Waals surface area contributed by atoms with Crippen molar-refractivity contribution in [3.63, 3.8) is 0 Å². The Morgan fingerprint density at radius 2 is 2.12 bits per heavy atom. The van der Waals surface area contributed by atoms with Gasteiger partial charge in [-0.05, 0) is 24.8 Å². The first-order chi connectivity index (χ1) is 7.58. The lowest BCUT2D eigenvalue weighted by atomic mass is 9.66. The monoisotopic (exact) mass is 226 g/mol. The van der Waals surface area contributed by atoms with E-state index in [4.69, 9.17) is 10.5 Å². The maximum Gasteiger partial charge on any atom is 0.220 e. The molecule has 2 fully saturated rings.